The van der Waals surface area contributed by atoms with Crippen LogP contribution in [0.5, 0.6) is 0 Å². The Morgan fingerprint density at radius 2 is 2.36 bits per heavy atom. The molecule has 0 aliphatic heterocycles. The fourth-order valence-corrected chi connectivity index (χ4v) is 2.78. The number of rotatable bonds is 5. The van der Waals surface area contributed by atoms with E-state index in [9.17, 15) is 4.79 Å². The summed E-state index contributed by atoms with van der Waals surface area (Å²) < 4.78 is 0. The zero-order chi connectivity index (χ0) is 10.6. The molecule has 14 heavy (non-hydrogen) atoms. The Bertz CT molecular complexity index is 311. The Morgan fingerprint density at radius 3 is 2.86 bits per heavy atom. The molecule has 1 aromatic heterocycles. The van der Waals surface area contributed by atoms with Crippen LogP contribution in [0.3, 0.4) is 0 Å². The average Bonchev–Trinajstić information content (AvgIpc) is 2.56. The van der Waals surface area contributed by atoms with Crippen LogP contribution in [-0.2, 0) is 0 Å². The molecule has 0 saturated heterocycles. The lowest BCUT2D eigenvalue weighted by atomic mass is 10.2. The summed E-state index contributed by atoms with van der Waals surface area (Å²) >= 11 is 5.09. The Labute approximate surface area is 96.9 Å². The lowest BCUT2D eigenvalue weighted by molar-refractivity contribution is 0.112. The molecular weight excluding hydrogens is 262 g/mol. The van der Waals surface area contributed by atoms with Crippen LogP contribution < -0.4 is 0 Å². The summed E-state index contributed by atoms with van der Waals surface area (Å²) in [4.78, 5) is 16.1. The Balaban J connectivity index is 2.70. The third kappa shape index (κ3) is 2.89. The maximum atomic E-state index is 10.6. The number of aryl methyl sites for hydroxylation is 1. The van der Waals surface area contributed by atoms with Crippen LogP contribution >= 0.6 is 27.3 Å². The smallest absolute Gasteiger partial charge is 0.161 e. The number of alkyl halides is 1. The number of nitrogens with zero attached hydrogens (tertiary/aromatic N) is 1. The molecule has 0 aliphatic carbocycles. The highest BCUT2D eigenvalue weighted by Crippen LogP contribution is 2.32. The number of hydrogen-bond donors (Lipinski definition) is 0. The van der Waals surface area contributed by atoms with Gasteiger partial charge in [0.25, 0.3) is 0 Å². The summed E-state index contributed by atoms with van der Waals surface area (Å²) in [5.74, 6) is 0. The summed E-state index contributed by atoms with van der Waals surface area (Å²) in [5.41, 5.74) is 0.848. The second-order valence-electron chi connectivity index (χ2n) is 3.23. The standard InChI is InChI=1S/C10H14BrNOS/c1-3-4-5-8(11)10-12-7(2)9(6-13)14-10/h6,8H,3-5H2,1-2H3. The van der Waals surface area contributed by atoms with Crippen LogP contribution in [0, 0.1) is 6.92 Å². The van der Waals surface area contributed by atoms with Crippen molar-refractivity contribution in [1.82, 2.24) is 4.98 Å². The van der Waals surface area contributed by atoms with Crippen molar-refractivity contribution >= 4 is 33.6 Å². The Hall–Kier alpha value is -0.220. The SMILES string of the molecule is CCCCC(Br)c1nc(C)c(C=O)s1. The second-order valence-corrected chi connectivity index (χ2v) is 5.40. The van der Waals surface area contributed by atoms with E-state index in [1.54, 1.807) is 0 Å². The van der Waals surface area contributed by atoms with Gasteiger partial charge in [-0.1, -0.05) is 35.7 Å². The summed E-state index contributed by atoms with van der Waals surface area (Å²) in [5, 5.41) is 1.03. The van der Waals surface area contributed by atoms with Crippen LogP contribution in [0.1, 0.15) is 51.4 Å². The van der Waals surface area contributed by atoms with Gasteiger partial charge in [-0.2, -0.15) is 0 Å². The van der Waals surface area contributed by atoms with E-state index in [-0.39, 0.29) is 0 Å². The first-order valence-electron chi connectivity index (χ1n) is 4.75. The van der Waals surface area contributed by atoms with Crippen molar-refractivity contribution in [3.05, 3.63) is 15.6 Å². The van der Waals surface area contributed by atoms with Gasteiger partial charge in [0, 0.05) is 0 Å². The summed E-state index contributed by atoms with van der Waals surface area (Å²) in [6, 6.07) is 0. The topological polar surface area (TPSA) is 30.0 Å². The number of unbranched alkanes of at least 4 members (excludes halogenated alkanes) is 1. The molecule has 1 aromatic rings. The highest BCUT2D eigenvalue weighted by molar-refractivity contribution is 9.09. The third-order valence-corrected chi connectivity index (χ3v) is 4.43. The minimum Gasteiger partial charge on any atom is -0.297 e. The van der Waals surface area contributed by atoms with E-state index in [4.69, 9.17) is 0 Å². The van der Waals surface area contributed by atoms with Crippen molar-refractivity contribution in [2.24, 2.45) is 0 Å². The van der Waals surface area contributed by atoms with E-state index < -0.39 is 0 Å². The number of aldehydes is 1. The van der Waals surface area contributed by atoms with Crippen molar-refractivity contribution in [1.29, 1.82) is 0 Å². The summed E-state index contributed by atoms with van der Waals surface area (Å²) in [6.07, 6.45) is 4.34. The first-order chi connectivity index (χ1) is 6.69. The fourth-order valence-electron chi connectivity index (χ4n) is 1.18. The van der Waals surface area contributed by atoms with Gasteiger partial charge in [0.2, 0.25) is 0 Å². The minimum atomic E-state index is 0.305. The first-order valence-corrected chi connectivity index (χ1v) is 6.48. The van der Waals surface area contributed by atoms with Crippen molar-refractivity contribution in [3.8, 4) is 0 Å². The molecule has 78 valence electrons. The van der Waals surface area contributed by atoms with Gasteiger partial charge < -0.3 is 0 Å². The van der Waals surface area contributed by atoms with E-state index in [0.29, 0.717) is 4.83 Å². The quantitative estimate of drug-likeness (QED) is 0.603. The molecule has 0 aliphatic rings. The number of carbonyl (C=O) groups is 1. The van der Waals surface area contributed by atoms with Gasteiger partial charge in [-0.3, -0.25) is 4.79 Å². The maximum absolute atomic E-state index is 10.6. The predicted octanol–water partition coefficient (Wildman–Crippen LogP) is 3.89. The molecule has 1 heterocycles. The molecule has 0 saturated carbocycles. The van der Waals surface area contributed by atoms with Gasteiger partial charge in [-0.25, -0.2) is 4.98 Å². The number of aromatic nitrogens is 1. The molecule has 0 radical (unpaired) electrons. The normalized spacial score (nSPS) is 12.8. The van der Waals surface area contributed by atoms with Gasteiger partial charge >= 0.3 is 0 Å². The van der Waals surface area contributed by atoms with E-state index in [2.05, 4.69) is 27.8 Å². The molecule has 0 spiro atoms. The molecule has 2 nitrogen and oxygen atoms in total. The lowest BCUT2D eigenvalue weighted by Gasteiger charge is -2.03. The predicted molar refractivity (Wildman–Crippen MR) is 63.4 cm³/mol. The fraction of sp³-hybridized carbons (Fsp3) is 0.600. The monoisotopic (exact) mass is 275 g/mol. The highest BCUT2D eigenvalue weighted by Gasteiger charge is 2.13. The number of carbonyl (C=O) groups excluding carboxylic acids is 1. The van der Waals surface area contributed by atoms with E-state index in [1.165, 1.54) is 24.2 Å². The first kappa shape index (κ1) is 11.9. The Kier molecular flexibility index (Phi) is 4.75. The van der Waals surface area contributed by atoms with Crippen LogP contribution in [0.2, 0.25) is 0 Å². The molecule has 1 unspecified atom stereocenters. The van der Waals surface area contributed by atoms with Crippen molar-refractivity contribution in [2.75, 3.05) is 0 Å². The zero-order valence-electron chi connectivity index (χ0n) is 8.42. The van der Waals surface area contributed by atoms with E-state index in [0.717, 1.165) is 28.3 Å². The molecule has 0 fully saturated rings. The molecule has 0 bridgehead atoms. The molecule has 1 atom stereocenters. The Morgan fingerprint density at radius 1 is 1.64 bits per heavy atom. The van der Waals surface area contributed by atoms with Gasteiger partial charge in [0.15, 0.2) is 6.29 Å². The van der Waals surface area contributed by atoms with Crippen LogP contribution in [0.4, 0.5) is 0 Å². The molecule has 0 amide bonds. The van der Waals surface area contributed by atoms with Gasteiger partial charge in [0.1, 0.15) is 5.01 Å². The summed E-state index contributed by atoms with van der Waals surface area (Å²) in [7, 11) is 0. The van der Waals surface area contributed by atoms with Crippen LogP contribution in [0.15, 0.2) is 0 Å². The van der Waals surface area contributed by atoms with E-state index in [1.807, 2.05) is 6.92 Å². The molecular formula is C10H14BrNOS. The molecule has 1 rings (SSSR count). The van der Waals surface area contributed by atoms with Crippen molar-refractivity contribution < 1.29 is 4.79 Å². The van der Waals surface area contributed by atoms with E-state index >= 15 is 0 Å². The number of halogens is 1. The van der Waals surface area contributed by atoms with Gasteiger partial charge in [-0.15, -0.1) is 11.3 Å². The van der Waals surface area contributed by atoms with Crippen molar-refractivity contribution in [2.45, 2.75) is 37.9 Å². The zero-order valence-corrected chi connectivity index (χ0v) is 10.8. The highest BCUT2D eigenvalue weighted by atomic mass is 79.9. The second kappa shape index (κ2) is 5.61. The molecule has 0 N–H and O–H groups in total. The molecule has 0 aromatic carbocycles. The summed E-state index contributed by atoms with van der Waals surface area (Å²) in [6.45, 7) is 4.05. The third-order valence-electron chi connectivity index (χ3n) is 2.04. The van der Waals surface area contributed by atoms with Crippen molar-refractivity contribution in [3.63, 3.8) is 0 Å². The molecule has 4 heteroatoms. The largest absolute Gasteiger partial charge is 0.297 e. The van der Waals surface area contributed by atoms with Crippen LogP contribution in [-0.4, -0.2) is 11.3 Å². The van der Waals surface area contributed by atoms with Crippen LogP contribution in [0.25, 0.3) is 0 Å². The lowest BCUT2D eigenvalue weighted by Crippen LogP contribution is -1.88. The minimum absolute atomic E-state index is 0.305. The maximum Gasteiger partial charge on any atom is 0.161 e. The number of thiazole rings is 1. The average molecular weight is 276 g/mol. The van der Waals surface area contributed by atoms with Gasteiger partial charge in [0.05, 0.1) is 15.4 Å². The van der Waals surface area contributed by atoms with Gasteiger partial charge in [-0.05, 0) is 13.3 Å². The number of hydrogen-bond acceptors (Lipinski definition) is 3.